The molecule has 3 aromatic carbocycles. The predicted molar refractivity (Wildman–Crippen MR) is 95.6 cm³/mol. The third kappa shape index (κ3) is 3.37. The SMILES string of the molecule is CN(Cc1ccc2ccccc2c1)C(=O)c1cc(Br)ccc1O. The van der Waals surface area contributed by atoms with E-state index in [0.717, 1.165) is 15.4 Å². The first kappa shape index (κ1) is 15.6. The first-order valence-corrected chi connectivity index (χ1v) is 8.05. The van der Waals surface area contributed by atoms with Gasteiger partial charge in [0, 0.05) is 18.1 Å². The first-order valence-electron chi connectivity index (χ1n) is 7.26. The van der Waals surface area contributed by atoms with Crippen molar-refractivity contribution in [2.75, 3.05) is 7.05 Å². The molecule has 0 spiro atoms. The fraction of sp³-hybridized carbons (Fsp3) is 0.105. The Balaban J connectivity index is 1.83. The summed E-state index contributed by atoms with van der Waals surface area (Å²) in [5.74, 6) is -0.222. The maximum atomic E-state index is 12.5. The van der Waals surface area contributed by atoms with E-state index in [9.17, 15) is 9.90 Å². The number of amides is 1. The van der Waals surface area contributed by atoms with Gasteiger partial charge in [-0.3, -0.25) is 4.79 Å². The number of rotatable bonds is 3. The van der Waals surface area contributed by atoms with E-state index in [-0.39, 0.29) is 11.7 Å². The Bertz CT molecular complexity index is 876. The van der Waals surface area contributed by atoms with Gasteiger partial charge in [-0.05, 0) is 40.6 Å². The molecule has 4 heteroatoms. The molecule has 3 rings (SSSR count). The highest BCUT2D eigenvalue weighted by molar-refractivity contribution is 9.10. The van der Waals surface area contributed by atoms with Crippen LogP contribution in [0.1, 0.15) is 15.9 Å². The van der Waals surface area contributed by atoms with Crippen LogP contribution in [0.5, 0.6) is 5.75 Å². The number of benzene rings is 3. The Morgan fingerprint density at radius 1 is 1.04 bits per heavy atom. The molecule has 1 N–H and O–H groups in total. The quantitative estimate of drug-likeness (QED) is 0.733. The molecule has 0 atom stereocenters. The van der Waals surface area contributed by atoms with Crippen molar-refractivity contribution in [2.24, 2.45) is 0 Å². The topological polar surface area (TPSA) is 40.5 Å². The molecule has 0 heterocycles. The molecule has 1 amide bonds. The summed E-state index contributed by atoms with van der Waals surface area (Å²) in [7, 11) is 1.73. The van der Waals surface area contributed by atoms with Gasteiger partial charge in [0.25, 0.3) is 5.91 Å². The Labute approximate surface area is 143 Å². The van der Waals surface area contributed by atoms with E-state index in [4.69, 9.17) is 0 Å². The summed E-state index contributed by atoms with van der Waals surface area (Å²) >= 11 is 3.33. The molecule has 116 valence electrons. The number of fused-ring (bicyclic) bond motifs is 1. The average Bonchev–Trinajstić information content (AvgIpc) is 2.56. The molecule has 0 bridgehead atoms. The van der Waals surface area contributed by atoms with E-state index in [1.165, 1.54) is 11.5 Å². The smallest absolute Gasteiger partial charge is 0.257 e. The van der Waals surface area contributed by atoms with Crippen LogP contribution in [0.3, 0.4) is 0 Å². The lowest BCUT2D eigenvalue weighted by atomic mass is 10.1. The zero-order valence-corrected chi connectivity index (χ0v) is 14.2. The molecule has 0 aromatic heterocycles. The number of carbonyl (C=O) groups is 1. The molecular formula is C19H16BrNO2. The number of halogens is 1. The van der Waals surface area contributed by atoms with E-state index in [2.05, 4.69) is 40.2 Å². The monoisotopic (exact) mass is 369 g/mol. The first-order chi connectivity index (χ1) is 11.0. The molecule has 23 heavy (non-hydrogen) atoms. The summed E-state index contributed by atoms with van der Waals surface area (Å²) in [6, 6.07) is 19.1. The standard InChI is InChI=1S/C19H16BrNO2/c1-21(19(23)17-11-16(20)8-9-18(17)22)12-13-6-7-14-4-2-3-5-15(14)10-13/h2-11,22H,12H2,1H3. The molecule has 3 aromatic rings. The van der Waals surface area contributed by atoms with Crippen molar-refractivity contribution < 1.29 is 9.90 Å². The summed E-state index contributed by atoms with van der Waals surface area (Å²) in [4.78, 5) is 14.1. The molecular weight excluding hydrogens is 354 g/mol. The molecule has 0 aliphatic rings. The maximum Gasteiger partial charge on any atom is 0.257 e. The van der Waals surface area contributed by atoms with Crippen molar-refractivity contribution >= 4 is 32.6 Å². The zero-order chi connectivity index (χ0) is 16.4. The van der Waals surface area contributed by atoms with Crippen LogP contribution in [0, 0.1) is 0 Å². The third-order valence-electron chi connectivity index (χ3n) is 3.77. The predicted octanol–water partition coefficient (Wildman–Crippen LogP) is 4.58. The lowest BCUT2D eigenvalue weighted by molar-refractivity contribution is 0.0782. The summed E-state index contributed by atoms with van der Waals surface area (Å²) in [5, 5.41) is 12.2. The van der Waals surface area contributed by atoms with Crippen LogP contribution in [0.15, 0.2) is 65.1 Å². The number of phenolic OH excluding ortho intramolecular Hbond substituents is 1. The van der Waals surface area contributed by atoms with E-state index < -0.39 is 0 Å². The minimum absolute atomic E-state index is 0.0106. The van der Waals surface area contributed by atoms with Crippen LogP contribution in [-0.2, 0) is 6.54 Å². The number of aromatic hydroxyl groups is 1. The molecule has 0 saturated heterocycles. The lowest BCUT2D eigenvalue weighted by Crippen LogP contribution is -2.26. The molecule has 0 aliphatic heterocycles. The van der Waals surface area contributed by atoms with Gasteiger partial charge >= 0.3 is 0 Å². The lowest BCUT2D eigenvalue weighted by Gasteiger charge is -2.18. The summed E-state index contributed by atoms with van der Waals surface area (Å²) in [6.07, 6.45) is 0. The normalized spacial score (nSPS) is 10.7. The largest absolute Gasteiger partial charge is 0.507 e. The van der Waals surface area contributed by atoms with E-state index in [1.807, 2.05) is 18.2 Å². The highest BCUT2D eigenvalue weighted by Gasteiger charge is 2.16. The second-order valence-electron chi connectivity index (χ2n) is 5.50. The minimum Gasteiger partial charge on any atom is -0.507 e. The molecule has 0 unspecified atom stereocenters. The number of hydrogen-bond donors (Lipinski definition) is 1. The second kappa shape index (κ2) is 6.42. The van der Waals surface area contributed by atoms with Crippen LogP contribution in [0.2, 0.25) is 0 Å². The molecule has 0 aliphatic carbocycles. The van der Waals surface area contributed by atoms with Gasteiger partial charge in [-0.2, -0.15) is 0 Å². The van der Waals surface area contributed by atoms with Crippen LogP contribution in [0.4, 0.5) is 0 Å². The Hall–Kier alpha value is -2.33. The fourth-order valence-corrected chi connectivity index (χ4v) is 2.93. The maximum absolute atomic E-state index is 12.5. The van der Waals surface area contributed by atoms with Gasteiger partial charge in [-0.15, -0.1) is 0 Å². The van der Waals surface area contributed by atoms with Crippen molar-refractivity contribution in [1.29, 1.82) is 0 Å². The van der Waals surface area contributed by atoms with Crippen LogP contribution in [-0.4, -0.2) is 23.0 Å². The second-order valence-corrected chi connectivity index (χ2v) is 6.42. The molecule has 3 nitrogen and oxygen atoms in total. The summed E-state index contributed by atoms with van der Waals surface area (Å²) < 4.78 is 0.762. The van der Waals surface area contributed by atoms with Crippen LogP contribution >= 0.6 is 15.9 Å². The number of hydrogen-bond acceptors (Lipinski definition) is 2. The number of phenols is 1. The van der Waals surface area contributed by atoms with Gasteiger partial charge in [-0.1, -0.05) is 52.3 Å². The van der Waals surface area contributed by atoms with Crippen molar-refractivity contribution in [1.82, 2.24) is 4.90 Å². The van der Waals surface area contributed by atoms with Gasteiger partial charge < -0.3 is 10.0 Å². The Kier molecular flexibility index (Phi) is 4.35. The van der Waals surface area contributed by atoms with Gasteiger partial charge in [-0.25, -0.2) is 0 Å². The average molecular weight is 370 g/mol. The Morgan fingerprint density at radius 3 is 2.57 bits per heavy atom. The summed E-state index contributed by atoms with van der Waals surface area (Å²) in [6.45, 7) is 0.482. The van der Waals surface area contributed by atoms with Crippen LogP contribution < -0.4 is 0 Å². The number of nitrogens with zero attached hydrogens (tertiary/aromatic N) is 1. The van der Waals surface area contributed by atoms with E-state index in [1.54, 1.807) is 24.1 Å². The van der Waals surface area contributed by atoms with Crippen LogP contribution in [0.25, 0.3) is 10.8 Å². The van der Waals surface area contributed by atoms with E-state index >= 15 is 0 Å². The molecule has 0 saturated carbocycles. The zero-order valence-electron chi connectivity index (χ0n) is 12.7. The van der Waals surface area contributed by atoms with Crippen molar-refractivity contribution in [2.45, 2.75) is 6.54 Å². The van der Waals surface area contributed by atoms with Crippen molar-refractivity contribution in [3.63, 3.8) is 0 Å². The van der Waals surface area contributed by atoms with Crippen molar-refractivity contribution in [3.8, 4) is 5.75 Å². The molecule has 0 radical (unpaired) electrons. The highest BCUT2D eigenvalue weighted by atomic mass is 79.9. The highest BCUT2D eigenvalue weighted by Crippen LogP contribution is 2.24. The third-order valence-corrected chi connectivity index (χ3v) is 4.26. The van der Waals surface area contributed by atoms with Crippen molar-refractivity contribution in [3.05, 3.63) is 76.3 Å². The van der Waals surface area contributed by atoms with Gasteiger partial charge in [0.2, 0.25) is 0 Å². The minimum atomic E-state index is -0.211. The van der Waals surface area contributed by atoms with Gasteiger partial charge in [0.15, 0.2) is 0 Å². The van der Waals surface area contributed by atoms with Gasteiger partial charge in [0.1, 0.15) is 5.75 Å². The van der Waals surface area contributed by atoms with Gasteiger partial charge in [0.05, 0.1) is 5.56 Å². The Morgan fingerprint density at radius 2 is 1.78 bits per heavy atom. The van der Waals surface area contributed by atoms with E-state index in [0.29, 0.717) is 12.1 Å². The molecule has 0 fully saturated rings. The summed E-state index contributed by atoms with van der Waals surface area (Å²) in [5.41, 5.74) is 1.34. The fourth-order valence-electron chi connectivity index (χ4n) is 2.57. The number of carbonyl (C=O) groups excluding carboxylic acids is 1.